The third kappa shape index (κ3) is 3.97. The first-order chi connectivity index (χ1) is 11.0. The molecule has 0 N–H and O–H groups in total. The molecule has 0 amide bonds. The van der Waals surface area contributed by atoms with E-state index in [0.29, 0.717) is 6.25 Å². The predicted molar refractivity (Wildman–Crippen MR) is 114 cm³/mol. The molecule has 2 aromatic rings. The number of halogens is 11. The van der Waals surface area contributed by atoms with Gasteiger partial charge in [0, 0.05) is 0 Å². The fourth-order valence-corrected chi connectivity index (χ4v) is 22.0. The van der Waals surface area contributed by atoms with Crippen LogP contribution in [0.5, 0.6) is 0 Å². The van der Waals surface area contributed by atoms with E-state index in [9.17, 15) is 0 Å². The number of rotatable bonds is 2. The molecular formula is C12Cl11Tl. The van der Waals surface area contributed by atoms with Crippen LogP contribution < -0.4 is 6.25 Å². The minimum absolute atomic E-state index is 0.0266. The van der Waals surface area contributed by atoms with Crippen molar-refractivity contribution in [1.29, 1.82) is 0 Å². The molecule has 0 saturated carbocycles. The van der Waals surface area contributed by atoms with Crippen molar-refractivity contribution in [3.63, 3.8) is 0 Å². The van der Waals surface area contributed by atoms with Crippen LogP contribution in [0.25, 0.3) is 0 Å². The summed E-state index contributed by atoms with van der Waals surface area (Å²) in [6.45, 7) is 0. The van der Waals surface area contributed by atoms with Crippen molar-refractivity contribution >= 4 is 152 Å². The molecule has 0 saturated heterocycles. The fraction of sp³-hybridized carbons (Fsp3) is 0. The summed E-state index contributed by atoms with van der Waals surface area (Å²) in [4.78, 5) is 0. The van der Waals surface area contributed by atoms with Gasteiger partial charge >= 0.3 is 202 Å². The van der Waals surface area contributed by atoms with E-state index in [1.807, 2.05) is 0 Å². The van der Waals surface area contributed by atoms with Crippen molar-refractivity contribution in [3.8, 4) is 0 Å². The average molecular weight is 738 g/mol. The van der Waals surface area contributed by atoms with E-state index < -0.39 is 21.5 Å². The van der Waals surface area contributed by atoms with Gasteiger partial charge in [-0.1, -0.05) is 0 Å². The van der Waals surface area contributed by atoms with Crippen molar-refractivity contribution in [2.45, 2.75) is 0 Å². The van der Waals surface area contributed by atoms with Crippen molar-refractivity contribution in [2.75, 3.05) is 0 Å². The first-order valence-electron chi connectivity index (χ1n) is 5.69. The Morgan fingerprint density at radius 3 is 0.708 bits per heavy atom. The van der Waals surface area contributed by atoms with Gasteiger partial charge in [-0.3, -0.25) is 0 Å². The normalized spacial score (nSPS) is 11.1. The zero-order valence-electron chi connectivity index (χ0n) is 10.7. The standard InChI is InChI=1S/2C6Cl5.ClH.Tl/c2*7-2-1-3(8)5(10)6(11)4(2)9;;/h;;1H;/q;;;+1/p-1. The summed E-state index contributed by atoms with van der Waals surface area (Å²) in [5, 5.41) is 0.549. The molecule has 0 aliphatic carbocycles. The Balaban J connectivity index is 2.84. The van der Waals surface area contributed by atoms with Crippen LogP contribution in [0.3, 0.4) is 0 Å². The van der Waals surface area contributed by atoms with Crippen LogP contribution in [0, 0.1) is 0 Å². The second-order valence-corrected chi connectivity index (χ2v) is 19.2. The van der Waals surface area contributed by atoms with Gasteiger partial charge in [-0.2, -0.15) is 0 Å². The molecule has 0 radical (unpaired) electrons. The van der Waals surface area contributed by atoms with Gasteiger partial charge in [0.15, 0.2) is 0 Å². The van der Waals surface area contributed by atoms with Crippen molar-refractivity contribution in [3.05, 3.63) is 50.2 Å². The maximum absolute atomic E-state index is 6.71. The van der Waals surface area contributed by atoms with Gasteiger partial charge < -0.3 is 0 Å². The van der Waals surface area contributed by atoms with Gasteiger partial charge in [0.1, 0.15) is 0 Å². The minimum atomic E-state index is -3.74. The molecule has 0 fully saturated rings. The molecule has 0 bridgehead atoms. The Hall–Kier alpha value is 2.55. The molecule has 0 nitrogen and oxygen atoms in total. The van der Waals surface area contributed by atoms with E-state index in [1.54, 1.807) is 0 Å². The summed E-state index contributed by atoms with van der Waals surface area (Å²) in [7, 11) is 6.71. The molecule has 0 heterocycles. The van der Waals surface area contributed by atoms with E-state index in [4.69, 9.17) is 124 Å². The van der Waals surface area contributed by atoms with Crippen molar-refractivity contribution in [1.82, 2.24) is 0 Å². The van der Waals surface area contributed by atoms with Crippen LogP contribution in [-0.4, -0.2) is 21.5 Å². The van der Waals surface area contributed by atoms with Gasteiger partial charge in [-0.05, 0) is 0 Å². The summed E-state index contributed by atoms with van der Waals surface area (Å²) in [5.74, 6) is 0. The van der Waals surface area contributed by atoms with Gasteiger partial charge in [0.05, 0.1) is 0 Å². The van der Waals surface area contributed by atoms with Crippen LogP contribution in [-0.2, 0) is 0 Å². The number of hydrogen-bond acceptors (Lipinski definition) is 0. The zero-order chi connectivity index (χ0) is 18.5. The second kappa shape index (κ2) is 8.92. The zero-order valence-corrected chi connectivity index (χ0v) is 23.5. The van der Waals surface area contributed by atoms with Crippen molar-refractivity contribution < 1.29 is 0 Å². The van der Waals surface area contributed by atoms with Crippen LogP contribution >= 0.6 is 124 Å². The Morgan fingerprint density at radius 1 is 0.333 bits per heavy atom. The topological polar surface area (TPSA) is 0 Å². The summed E-state index contributed by atoms with van der Waals surface area (Å²) in [6.07, 6.45) is 0. The molecule has 2 aromatic carbocycles. The molecule has 0 aromatic heterocycles. The first kappa shape index (κ1) is 22.8. The van der Waals surface area contributed by atoms with E-state index >= 15 is 0 Å². The molecule has 2 rings (SSSR count). The Labute approximate surface area is 199 Å². The molecule has 0 aliphatic rings. The first-order valence-corrected chi connectivity index (χ1v) is 19.5. The second-order valence-electron chi connectivity index (χ2n) is 4.33. The van der Waals surface area contributed by atoms with Gasteiger partial charge in [0.25, 0.3) is 0 Å². The third-order valence-electron chi connectivity index (χ3n) is 2.99. The third-order valence-corrected chi connectivity index (χ3v) is 22.7. The maximum atomic E-state index is 6.71. The van der Waals surface area contributed by atoms with E-state index in [2.05, 4.69) is 0 Å². The van der Waals surface area contributed by atoms with Gasteiger partial charge in [-0.25, -0.2) is 0 Å². The van der Waals surface area contributed by atoms with E-state index in [0.717, 1.165) is 0 Å². The fourth-order valence-electron chi connectivity index (χ4n) is 1.83. The summed E-state index contributed by atoms with van der Waals surface area (Å²) in [6, 6.07) is 0. The monoisotopic (exact) mass is 734 g/mol. The molecular weight excluding hydrogens is 738 g/mol. The molecule has 128 valence electrons. The number of hydrogen-bond donors (Lipinski definition) is 0. The molecule has 24 heavy (non-hydrogen) atoms. The Morgan fingerprint density at radius 2 is 0.500 bits per heavy atom. The molecule has 0 unspecified atom stereocenters. The Kier molecular flexibility index (Phi) is 8.49. The predicted octanol–water partition coefficient (Wildman–Crippen LogP) is 8.57. The molecule has 0 aliphatic heterocycles. The molecule has 0 spiro atoms. The summed E-state index contributed by atoms with van der Waals surface area (Å²) >= 11 is 57.7. The van der Waals surface area contributed by atoms with Crippen molar-refractivity contribution in [2.24, 2.45) is 0 Å². The number of benzene rings is 2. The van der Waals surface area contributed by atoms with Crippen LogP contribution in [0.4, 0.5) is 0 Å². The summed E-state index contributed by atoms with van der Waals surface area (Å²) < 4.78 is 0.746. The van der Waals surface area contributed by atoms with Crippen LogP contribution in [0.2, 0.25) is 50.2 Å². The van der Waals surface area contributed by atoms with Gasteiger partial charge in [-0.15, -0.1) is 0 Å². The quantitative estimate of drug-likeness (QED) is 0.165. The average Bonchev–Trinajstić information content (AvgIpc) is 2.55. The summed E-state index contributed by atoms with van der Waals surface area (Å²) in [5.41, 5.74) is 0. The molecule has 0 atom stereocenters. The SMILES string of the molecule is Clc1c(Cl)c(Cl)[c]([Tl]([Cl])[c]2c(Cl)c(Cl)c(Cl)c(Cl)c2Cl)c(Cl)c1Cl. The van der Waals surface area contributed by atoms with Crippen LogP contribution in [0.1, 0.15) is 0 Å². The Bertz CT molecular complexity index is 720. The molecule has 12 heteroatoms. The van der Waals surface area contributed by atoms with E-state index in [-0.39, 0.29) is 50.2 Å². The van der Waals surface area contributed by atoms with Gasteiger partial charge in [0.2, 0.25) is 0 Å². The van der Waals surface area contributed by atoms with E-state index in [1.165, 1.54) is 0 Å². The van der Waals surface area contributed by atoms with Crippen LogP contribution in [0.15, 0.2) is 0 Å².